The van der Waals surface area contributed by atoms with Crippen molar-refractivity contribution in [1.82, 2.24) is 4.98 Å². The Bertz CT molecular complexity index is 241. The summed E-state index contributed by atoms with van der Waals surface area (Å²) in [6, 6.07) is 1.47. The van der Waals surface area contributed by atoms with Gasteiger partial charge in [-0.3, -0.25) is 0 Å². The molecular weight excluding hydrogens is 201 g/mol. The zero-order valence-corrected chi connectivity index (χ0v) is 6.85. The van der Waals surface area contributed by atoms with Crippen molar-refractivity contribution in [3.05, 3.63) is 22.7 Å². The lowest BCUT2D eigenvalue weighted by Gasteiger charge is -1.99. The molecule has 10 heavy (non-hydrogen) atoms. The van der Waals surface area contributed by atoms with Gasteiger partial charge in [0, 0.05) is 6.07 Å². The summed E-state index contributed by atoms with van der Waals surface area (Å²) >= 11 is 3.08. The number of pyridine rings is 1. The van der Waals surface area contributed by atoms with Gasteiger partial charge in [0.15, 0.2) is 11.6 Å². The average Bonchev–Trinajstić information content (AvgIpc) is 1.94. The lowest BCUT2D eigenvalue weighted by atomic mass is 10.4. The monoisotopic (exact) mass is 205 g/mol. The molecule has 0 unspecified atom stereocenters. The van der Waals surface area contributed by atoms with Gasteiger partial charge in [0.1, 0.15) is 4.60 Å². The highest BCUT2D eigenvalue weighted by Crippen LogP contribution is 2.18. The molecule has 0 N–H and O–H groups in total. The van der Waals surface area contributed by atoms with Crippen LogP contribution >= 0.6 is 15.9 Å². The number of aromatic nitrogens is 1. The topological polar surface area (TPSA) is 22.1 Å². The molecule has 1 heterocycles. The lowest BCUT2D eigenvalue weighted by Crippen LogP contribution is -1.88. The van der Waals surface area contributed by atoms with Crippen LogP contribution in [0.5, 0.6) is 5.75 Å². The second-order valence-corrected chi connectivity index (χ2v) is 2.45. The molecule has 0 aromatic carbocycles. The van der Waals surface area contributed by atoms with Crippen LogP contribution in [0.25, 0.3) is 0 Å². The van der Waals surface area contributed by atoms with Gasteiger partial charge in [-0.25, -0.2) is 9.37 Å². The highest BCUT2D eigenvalue weighted by molar-refractivity contribution is 9.10. The summed E-state index contributed by atoms with van der Waals surface area (Å²) in [5, 5.41) is 0. The maximum absolute atomic E-state index is 12.6. The highest BCUT2D eigenvalue weighted by Gasteiger charge is 2.01. The molecule has 0 aliphatic carbocycles. The van der Waals surface area contributed by atoms with Gasteiger partial charge in [-0.2, -0.15) is 0 Å². The predicted octanol–water partition coefficient (Wildman–Crippen LogP) is 1.99. The summed E-state index contributed by atoms with van der Waals surface area (Å²) in [6.45, 7) is 0. The van der Waals surface area contributed by atoms with Gasteiger partial charge in [-0.15, -0.1) is 0 Å². The lowest BCUT2D eigenvalue weighted by molar-refractivity contribution is 0.384. The third-order valence-corrected chi connectivity index (χ3v) is 1.44. The molecule has 0 atom stereocenters. The Morgan fingerprint density at radius 2 is 2.40 bits per heavy atom. The molecule has 4 heteroatoms. The Kier molecular flexibility index (Phi) is 2.21. The molecule has 1 rings (SSSR count). The minimum absolute atomic E-state index is 0.196. The SMILES string of the molecule is COc1cc(Br)ncc1F. The Hall–Kier alpha value is -0.640. The second kappa shape index (κ2) is 2.96. The molecule has 1 aromatic heterocycles. The minimum atomic E-state index is -0.453. The normalized spacial score (nSPS) is 9.50. The van der Waals surface area contributed by atoms with E-state index in [9.17, 15) is 4.39 Å². The Morgan fingerprint density at radius 1 is 1.70 bits per heavy atom. The van der Waals surface area contributed by atoms with Crippen LogP contribution in [-0.4, -0.2) is 12.1 Å². The van der Waals surface area contributed by atoms with Crippen LogP contribution in [-0.2, 0) is 0 Å². The zero-order chi connectivity index (χ0) is 7.56. The quantitative estimate of drug-likeness (QED) is 0.655. The smallest absolute Gasteiger partial charge is 0.183 e. The molecule has 2 nitrogen and oxygen atoms in total. The first kappa shape index (κ1) is 7.47. The fourth-order valence-corrected chi connectivity index (χ4v) is 0.863. The van der Waals surface area contributed by atoms with Crippen molar-refractivity contribution >= 4 is 15.9 Å². The van der Waals surface area contributed by atoms with Gasteiger partial charge >= 0.3 is 0 Å². The van der Waals surface area contributed by atoms with E-state index in [1.54, 1.807) is 0 Å². The van der Waals surface area contributed by atoms with E-state index in [-0.39, 0.29) is 5.75 Å². The molecule has 0 spiro atoms. The number of halogens is 2. The number of methoxy groups -OCH3 is 1. The third-order valence-electron chi connectivity index (χ3n) is 1.01. The fourth-order valence-electron chi connectivity index (χ4n) is 0.553. The number of nitrogens with zero attached hydrogens (tertiary/aromatic N) is 1. The molecule has 0 aliphatic heterocycles. The summed E-state index contributed by atoms with van der Waals surface area (Å²) in [5.74, 6) is -0.257. The van der Waals surface area contributed by atoms with Gasteiger partial charge in [0.05, 0.1) is 13.3 Å². The van der Waals surface area contributed by atoms with Crippen molar-refractivity contribution in [3.63, 3.8) is 0 Å². The Labute approximate surface area is 66.2 Å². The molecule has 1 aromatic rings. The van der Waals surface area contributed by atoms with E-state index in [1.807, 2.05) is 0 Å². The summed E-state index contributed by atoms with van der Waals surface area (Å²) in [6.07, 6.45) is 1.10. The molecule has 0 bridgehead atoms. The number of rotatable bonds is 1. The fraction of sp³-hybridized carbons (Fsp3) is 0.167. The maximum atomic E-state index is 12.6. The minimum Gasteiger partial charge on any atom is -0.494 e. The van der Waals surface area contributed by atoms with Crippen molar-refractivity contribution in [1.29, 1.82) is 0 Å². The van der Waals surface area contributed by atoms with E-state index in [1.165, 1.54) is 13.2 Å². The molecule has 0 fully saturated rings. The van der Waals surface area contributed by atoms with E-state index in [4.69, 9.17) is 0 Å². The van der Waals surface area contributed by atoms with Crippen LogP contribution < -0.4 is 4.74 Å². The molecule has 54 valence electrons. The molecule has 0 saturated carbocycles. The van der Waals surface area contributed by atoms with E-state index < -0.39 is 5.82 Å². The van der Waals surface area contributed by atoms with Gasteiger partial charge in [-0.1, -0.05) is 0 Å². The van der Waals surface area contributed by atoms with Crippen LogP contribution in [0.3, 0.4) is 0 Å². The average molecular weight is 206 g/mol. The van der Waals surface area contributed by atoms with Crippen molar-refractivity contribution < 1.29 is 9.13 Å². The third kappa shape index (κ3) is 1.44. The predicted molar refractivity (Wildman–Crippen MR) is 38.4 cm³/mol. The number of ether oxygens (including phenoxy) is 1. The molecule has 0 saturated heterocycles. The van der Waals surface area contributed by atoms with E-state index >= 15 is 0 Å². The van der Waals surface area contributed by atoms with E-state index in [0.29, 0.717) is 4.60 Å². The first-order valence-corrected chi connectivity index (χ1v) is 3.38. The van der Waals surface area contributed by atoms with Gasteiger partial charge in [-0.05, 0) is 15.9 Å². The van der Waals surface area contributed by atoms with Crippen molar-refractivity contribution in [2.45, 2.75) is 0 Å². The largest absolute Gasteiger partial charge is 0.494 e. The Balaban J connectivity index is 3.09. The van der Waals surface area contributed by atoms with Crippen LogP contribution in [0.2, 0.25) is 0 Å². The van der Waals surface area contributed by atoms with E-state index in [2.05, 4.69) is 25.7 Å². The van der Waals surface area contributed by atoms with Gasteiger partial charge in [0.2, 0.25) is 0 Å². The molecule has 0 amide bonds. The summed E-state index contributed by atoms with van der Waals surface area (Å²) in [7, 11) is 1.41. The van der Waals surface area contributed by atoms with Gasteiger partial charge < -0.3 is 4.74 Å². The van der Waals surface area contributed by atoms with Crippen molar-refractivity contribution in [2.24, 2.45) is 0 Å². The highest BCUT2D eigenvalue weighted by atomic mass is 79.9. The summed E-state index contributed by atoms with van der Waals surface area (Å²) < 4.78 is 17.8. The summed E-state index contributed by atoms with van der Waals surface area (Å²) in [5.41, 5.74) is 0. The summed E-state index contributed by atoms with van der Waals surface area (Å²) in [4.78, 5) is 3.65. The van der Waals surface area contributed by atoms with Gasteiger partial charge in [0.25, 0.3) is 0 Å². The van der Waals surface area contributed by atoms with Crippen LogP contribution in [0.15, 0.2) is 16.9 Å². The standard InChI is InChI=1S/C6H5BrFNO/c1-10-5-2-6(7)9-3-4(5)8/h2-3H,1H3. The molecule has 0 radical (unpaired) electrons. The van der Waals surface area contributed by atoms with Crippen LogP contribution in [0.1, 0.15) is 0 Å². The zero-order valence-electron chi connectivity index (χ0n) is 5.27. The van der Waals surface area contributed by atoms with E-state index in [0.717, 1.165) is 6.20 Å². The first-order valence-electron chi connectivity index (χ1n) is 2.59. The first-order chi connectivity index (χ1) is 4.74. The molecular formula is C6H5BrFNO. The molecule has 0 aliphatic rings. The van der Waals surface area contributed by atoms with Crippen molar-refractivity contribution in [3.8, 4) is 5.75 Å². The second-order valence-electron chi connectivity index (χ2n) is 1.64. The Morgan fingerprint density at radius 3 is 2.90 bits per heavy atom. The van der Waals surface area contributed by atoms with Crippen LogP contribution in [0.4, 0.5) is 4.39 Å². The maximum Gasteiger partial charge on any atom is 0.183 e. The number of hydrogen-bond donors (Lipinski definition) is 0. The van der Waals surface area contributed by atoms with Crippen LogP contribution in [0, 0.1) is 5.82 Å². The van der Waals surface area contributed by atoms with Crippen molar-refractivity contribution in [2.75, 3.05) is 7.11 Å². The number of hydrogen-bond acceptors (Lipinski definition) is 2.